The Morgan fingerprint density at radius 1 is 0.343 bits per heavy atom. The lowest BCUT2D eigenvalue weighted by Gasteiger charge is -2.09. The zero-order valence-electron chi connectivity index (χ0n) is 31.1. The fourth-order valence-electron chi connectivity index (χ4n) is 7.45. The van der Waals surface area contributed by atoms with E-state index < -0.39 is 211 Å². The van der Waals surface area contributed by atoms with Crippen LogP contribution in [0.4, 0.5) is 79.0 Å². The van der Waals surface area contributed by atoms with Gasteiger partial charge in [0, 0.05) is 11.1 Å². The van der Waals surface area contributed by atoms with Crippen LogP contribution in [-0.2, 0) is 0 Å². The third-order valence-corrected chi connectivity index (χ3v) is 10.4. The summed E-state index contributed by atoms with van der Waals surface area (Å²) in [5, 5.41) is -5.08. The Morgan fingerprint density at radius 3 is 1.09 bits per heavy atom. The molecule has 0 unspecified atom stereocenters. The first-order valence-corrected chi connectivity index (χ1v) is 17.8. The van der Waals surface area contributed by atoms with Gasteiger partial charge >= 0.3 is 5.97 Å². The predicted molar refractivity (Wildman–Crippen MR) is 191 cm³/mol. The van der Waals surface area contributed by atoms with E-state index in [2.05, 4.69) is 19.9 Å². The van der Waals surface area contributed by atoms with Crippen LogP contribution in [0.15, 0.2) is 33.1 Å². The van der Waals surface area contributed by atoms with E-state index in [9.17, 15) is 48.7 Å². The van der Waals surface area contributed by atoms with Crippen LogP contribution in [0.25, 0.3) is 88.5 Å². The minimum absolute atomic E-state index is 0.555. The normalized spacial score (nSPS) is 12.5. The Hall–Kier alpha value is -8.19. The van der Waals surface area contributed by atoms with Crippen molar-refractivity contribution >= 4 is 72.2 Å². The van der Waals surface area contributed by atoms with E-state index in [0.29, 0.717) is 24.3 Å². The second kappa shape index (κ2) is 14.4. The molecule has 0 fully saturated rings. The predicted octanol–water partition coefficient (Wildman–Crippen LogP) is 12.9. The number of hydrogen-bond donors (Lipinski definition) is 2. The molecule has 4 aromatic carbocycles. The summed E-state index contributed by atoms with van der Waals surface area (Å²) in [6.07, 6.45) is 0. The number of nitrogens with one attached hydrogen (secondary N) is 2. The largest absolute Gasteiger partial charge is 0.434 e. The number of benzene rings is 4. The lowest BCUT2D eigenvalue weighted by atomic mass is 10.0. The standard InChI is InChI=1S/C41H6F18N4O4/c42-17-13(18(43)24(49)29(54)23(17)48)9-5-1-2-7(60-5)11-15-21(46)27(52)31(56)33(58)36(15)65-39(11)63-40-12(16-22(47)28(53)32(57)34(59)37(16)66-40)8-4-3-6(61-8)10(38-62-35(9)41(64)67-38)14-19(44)25(50)30(55)26(51)20(14)45/h1-4,60-61H. The molecular weight excluding hydrogens is 954 g/mol. The van der Waals surface area contributed by atoms with Crippen molar-refractivity contribution in [2.24, 2.45) is 0 Å². The zero-order chi connectivity index (χ0) is 48.1. The van der Waals surface area contributed by atoms with Crippen LogP contribution >= 0.6 is 0 Å². The monoisotopic (exact) mass is 960 g/mol. The molecule has 1 aliphatic heterocycles. The molecule has 0 atom stereocenters. The number of aromatic nitrogens is 4. The molecule has 340 valence electrons. The zero-order valence-corrected chi connectivity index (χ0v) is 31.1. The van der Waals surface area contributed by atoms with Gasteiger partial charge in [0.25, 0.3) is 0 Å². The minimum atomic E-state index is -2.77. The van der Waals surface area contributed by atoms with Crippen LogP contribution in [-0.4, -0.2) is 25.9 Å². The van der Waals surface area contributed by atoms with Crippen molar-refractivity contribution in [3.8, 4) is 28.1 Å². The second-order valence-corrected chi connectivity index (χ2v) is 14.0. The smallest absolute Gasteiger partial charge is 0.364 e. The molecule has 0 spiro atoms. The highest BCUT2D eigenvalue weighted by atomic mass is 19.2. The van der Waals surface area contributed by atoms with Crippen LogP contribution < -0.4 is 4.74 Å². The van der Waals surface area contributed by atoms with E-state index >= 15 is 35.1 Å². The number of fused-ring (bicyclic) bond motifs is 14. The molecule has 9 aromatic rings. The van der Waals surface area contributed by atoms with Gasteiger partial charge < -0.3 is 23.5 Å². The molecule has 26 heteroatoms. The first-order chi connectivity index (χ1) is 31.7. The molecule has 0 amide bonds. The summed E-state index contributed by atoms with van der Waals surface area (Å²) < 4.78 is 288. The van der Waals surface area contributed by atoms with E-state index in [1.807, 2.05) is 0 Å². The maximum absolute atomic E-state index is 15.8. The molecule has 8 nitrogen and oxygen atoms in total. The van der Waals surface area contributed by atoms with Crippen molar-refractivity contribution in [3.05, 3.63) is 135 Å². The summed E-state index contributed by atoms with van der Waals surface area (Å²) >= 11 is 0. The number of carbonyl (C=O) groups is 1. The third kappa shape index (κ3) is 5.70. The van der Waals surface area contributed by atoms with Crippen molar-refractivity contribution < 1.29 is 97.4 Å². The van der Waals surface area contributed by atoms with Crippen LogP contribution in [0, 0.1) is 105 Å². The first kappa shape index (κ1) is 42.7. The molecule has 67 heavy (non-hydrogen) atoms. The van der Waals surface area contributed by atoms with Crippen LogP contribution in [0.3, 0.4) is 0 Å². The van der Waals surface area contributed by atoms with E-state index in [0.717, 1.165) is 0 Å². The Morgan fingerprint density at radius 2 is 0.672 bits per heavy atom. The van der Waals surface area contributed by atoms with Gasteiger partial charge in [-0.3, -0.25) is 0 Å². The number of halogens is 18. The Labute approximate surface area is 352 Å². The summed E-state index contributed by atoms with van der Waals surface area (Å²) in [7, 11) is 0. The van der Waals surface area contributed by atoms with Crippen molar-refractivity contribution in [1.29, 1.82) is 0 Å². The quantitative estimate of drug-likeness (QED) is 0.0773. The van der Waals surface area contributed by atoms with Crippen LogP contribution in [0.2, 0.25) is 0 Å². The number of carbonyl (C=O) groups excluding carboxylic acids is 1. The lowest BCUT2D eigenvalue weighted by Crippen LogP contribution is -2.09. The van der Waals surface area contributed by atoms with Gasteiger partial charge in [0.2, 0.25) is 52.2 Å². The topological polar surface area (TPSA) is 110 Å². The van der Waals surface area contributed by atoms with Crippen molar-refractivity contribution in [3.63, 3.8) is 0 Å². The van der Waals surface area contributed by atoms with Gasteiger partial charge in [-0.2, -0.15) is 13.8 Å². The molecule has 0 aliphatic carbocycles. The van der Waals surface area contributed by atoms with Crippen LogP contribution in [0.1, 0.15) is 10.5 Å². The van der Waals surface area contributed by atoms with Crippen LogP contribution in [0.5, 0.6) is 5.88 Å². The fourth-order valence-corrected chi connectivity index (χ4v) is 7.45. The van der Waals surface area contributed by atoms with Gasteiger partial charge in [-0.1, -0.05) is 0 Å². The van der Waals surface area contributed by atoms with Crippen molar-refractivity contribution in [2.75, 3.05) is 0 Å². The van der Waals surface area contributed by atoms with E-state index in [-0.39, 0.29) is 0 Å². The number of furan rings is 2. The molecule has 0 radical (unpaired) electrons. The molecule has 2 N–H and O–H groups in total. The fraction of sp³-hybridized carbons (Fsp3) is 0. The summed E-state index contributed by atoms with van der Waals surface area (Å²) in [5.74, 6) is -50.1. The van der Waals surface area contributed by atoms with Gasteiger partial charge in [-0.05, 0) is 24.3 Å². The molecule has 10 rings (SSSR count). The number of rotatable bonds is 2. The van der Waals surface area contributed by atoms with Gasteiger partial charge in [-0.15, -0.1) is 0 Å². The summed E-state index contributed by atoms with van der Waals surface area (Å²) in [4.78, 5) is 25.6. The number of ether oxygens (including phenoxy) is 1. The highest BCUT2D eigenvalue weighted by molar-refractivity contribution is 6.15. The number of hydrogen-bond acceptors (Lipinski definition) is 6. The molecular formula is C41H6F18N4O4. The molecule has 6 bridgehead atoms. The van der Waals surface area contributed by atoms with Gasteiger partial charge in [0.15, 0.2) is 86.7 Å². The number of H-pyrrole nitrogens is 2. The number of aromatic amines is 2. The van der Waals surface area contributed by atoms with Gasteiger partial charge in [-0.25, -0.2) is 80.0 Å². The Balaban J connectivity index is 1.56. The summed E-state index contributed by atoms with van der Waals surface area (Å²) in [6, 6.07) is 2.39. The maximum atomic E-state index is 15.8. The first-order valence-electron chi connectivity index (χ1n) is 17.8. The molecule has 0 saturated carbocycles. The average molecular weight is 960 g/mol. The molecule has 6 heterocycles. The molecule has 1 aliphatic rings. The van der Waals surface area contributed by atoms with Gasteiger partial charge in [0.1, 0.15) is 0 Å². The van der Waals surface area contributed by atoms with Gasteiger partial charge in [0.05, 0.1) is 54.8 Å². The number of esters is 1. The number of nitrogens with zero attached hydrogens (tertiary/aromatic N) is 2. The van der Waals surface area contributed by atoms with Crippen molar-refractivity contribution in [1.82, 2.24) is 19.9 Å². The maximum Gasteiger partial charge on any atom is 0.364 e. The van der Waals surface area contributed by atoms with E-state index in [1.165, 1.54) is 0 Å². The summed E-state index contributed by atoms with van der Waals surface area (Å²) in [6.45, 7) is 0. The third-order valence-electron chi connectivity index (χ3n) is 10.4. The highest BCUT2D eigenvalue weighted by Crippen LogP contribution is 2.45. The van der Waals surface area contributed by atoms with E-state index in [1.54, 1.807) is 0 Å². The lowest BCUT2D eigenvalue weighted by molar-refractivity contribution is 0.0755. The molecule has 5 aromatic heterocycles. The Kier molecular flexibility index (Phi) is 9.19. The highest BCUT2D eigenvalue weighted by Gasteiger charge is 2.37. The van der Waals surface area contributed by atoms with Crippen molar-refractivity contribution in [2.45, 2.75) is 0 Å². The average Bonchev–Trinajstić information content (AvgIpc) is 4.17. The van der Waals surface area contributed by atoms with E-state index in [4.69, 9.17) is 13.6 Å². The Bertz CT molecular complexity index is 3930. The molecule has 0 saturated heterocycles. The minimum Gasteiger partial charge on any atom is -0.434 e. The second-order valence-electron chi connectivity index (χ2n) is 14.0. The summed E-state index contributed by atoms with van der Waals surface area (Å²) in [5.41, 5.74) is -18.6. The SMILES string of the molecule is O=C1Oc2nc1c(-c1c(F)c(F)c(F)c(F)c1F)c1ccc([nH]1)c1c(nc3oc4c(F)c(F)c(F)c(F)c4c3c3ccc([nH]3)c2-c2c(F)c(F)c(F)c(F)c2F)oc2c(F)c(F)c(F)c(F)c21.